The highest BCUT2D eigenvalue weighted by Crippen LogP contribution is 2.43. The second-order valence-corrected chi connectivity index (χ2v) is 8.53. The number of thiophene rings is 1. The number of anilines is 1. The number of aromatic hydroxyl groups is 1. The highest BCUT2D eigenvalue weighted by Gasteiger charge is 2.23. The zero-order chi connectivity index (χ0) is 23.7. The van der Waals surface area contributed by atoms with Crippen LogP contribution in [0, 0.1) is 13.8 Å². The van der Waals surface area contributed by atoms with Crippen molar-refractivity contribution >= 4 is 44.8 Å². The monoisotopic (exact) mass is 461 g/mol. The van der Waals surface area contributed by atoms with Crippen molar-refractivity contribution in [2.24, 2.45) is 0 Å². The Hall–Kier alpha value is -4.17. The van der Waals surface area contributed by atoms with Gasteiger partial charge in [0.05, 0.1) is 0 Å². The Balaban J connectivity index is 1.73. The number of hydrogen-bond donors (Lipinski definition) is 3. The van der Waals surface area contributed by atoms with Gasteiger partial charge in [-0.2, -0.15) is 0 Å². The number of carboxylic acids is 1. The fraction of sp³-hybridized carbons (Fsp3) is 0.0800. The van der Waals surface area contributed by atoms with Crippen LogP contribution in [0.4, 0.5) is 5.69 Å². The number of hydrogen-bond acceptors (Lipinski definition) is 6. The molecule has 0 saturated carbocycles. The number of phenols is 1. The summed E-state index contributed by atoms with van der Waals surface area (Å²) in [6.07, 6.45) is 0. The van der Waals surface area contributed by atoms with Crippen molar-refractivity contribution < 1.29 is 29.3 Å². The molecule has 3 N–H and O–H groups in total. The largest absolute Gasteiger partial charge is 0.508 e. The first kappa shape index (κ1) is 22.0. The van der Waals surface area contributed by atoms with Gasteiger partial charge in [0, 0.05) is 21.3 Å². The fourth-order valence-electron chi connectivity index (χ4n) is 3.41. The van der Waals surface area contributed by atoms with Crippen LogP contribution in [0.15, 0.2) is 60.7 Å². The number of carboxylic acid groups (broad SMARTS) is 1. The molecule has 0 saturated heterocycles. The minimum absolute atomic E-state index is 0.0827. The van der Waals surface area contributed by atoms with Crippen LogP contribution < -0.4 is 10.1 Å². The van der Waals surface area contributed by atoms with E-state index in [0.717, 1.165) is 11.1 Å². The molecule has 1 heterocycles. The Morgan fingerprint density at radius 1 is 0.939 bits per heavy atom. The summed E-state index contributed by atoms with van der Waals surface area (Å²) in [5, 5.41) is 21.5. The summed E-state index contributed by atoms with van der Waals surface area (Å²) in [6, 6.07) is 16.5. The van der Waals surface area contributed by atoms with Gasteiger partial charge in [-0.15, -0.1) is 11.3 Å². The highest BCUT2D eigenvalue weighted by atomic mass is 32.1. The molecule has 0 spiro atoms. The van der Waals surface area contributed by atoms with Crippen molar-refractivity contribution in [1.29, 1.82) is 0 Å². The van der Waals surface area contributed by atoms with Crippen LogP contribution in [0.5, 0.6) is 17.2 Å². The molecule has 33 heavy (non-hydrogen) atoms. The summed E-state index contributed by atoms with van der Waals surface area (Å²) in [6.45, 7) is 3.84. The van der Waals surface area contributed by atoms with E-state index in [2.05, 4.69) is 5.32 Å². The maximum absolute atomic E-state index is 13.4. The van der Waals surface area contributed by atoms with Crippen molar-refractivity contribution in [2.75, 3.05) is 5.32 Å². The van der Waals surface area contributed by atoms with Gasteiger partial charge in [-0.1, -0.05) is 23.8 Å². The van der Waals surface area contributed by atoms with Crippen LogP contribution in [0.1, 0.15) is 26.4 Å². The molecular formula is C25H19NO6S. The average Bonchev–Trinajstić information content (AvgIpc) is 3.11. The molecular weight excluding hydrogens is 442 g/mol. The summed E-state index contributed by atoms with van der Waals surface area (Å²) in [7, 11) is 0. The fourth-order valence-corrected chi connectivity index (χ4v) is 4.53. The second kappa shape index (κ2) is 8.76. The van der Waals surface area contributed by atoms with E-state index >= 15 is 0 Å². The second-order valence-electron chi connectivity index (χ2n) is 7.47. The van der Waals surface area contributed by atoms with Crippen molar-refractivity contribution in [3.05, 3.63) is 82.2 Å². The molecule has 0 aliphatic carbocycles. The van der Waals surface area contributed by atoms with Gasteiger partial charge in [-0.25, -0.2) is 4.79 Å². The third-order valence-corrected chi connectivity index (χ3v) is 6.12. The molecule has 0 unspecified atom stereocenters. The van der Waals surface area contributed by atoms with Crippen molar-refractivity contribution in [3.8, 4) is 17.2 Å². The molecule has 8 heteroatoms. The molecule has 0 bridgehead atoms. The lowest BCUT2D eigenvalue weighted by Crippen LogP contribution is -2.21. The first-order valence-corrected chi connectivity index (χ1v) is 10.7. The number of aryl methyl sites for hydroxylation is 2. The van der Waals surface area contributed by atoms with Crippen molar-refractivity contribution in [2.45, 2.75) is 13.8 Å². The predicted octanol–water partition coefficient (Wildman–Crippen LogP) is 5.27. The van der Waals surface area contributed by atoms with Crippen LogP contribution in [0.25, 0.3) is 10.1 Å². The third kappa shape index (κ3) is 4.56. The van der Waals surface area contributed by atoms with Gasteiger partial charge in [0.15, 0.2) is 5.75 Å². The van der Waals surface area contributed by atoms with E-state index in [4.69, 9.17) is 9.84 Å². The maximum atomic E-state index is 13.4. The Morgan fingerprint density at radius 3 is 2.33 bits per heavy atom. The number of nitrogens with one attached hydrogen (secondary N) is 1. The molecule has 0 aliphatic heterocycles. The predicted molar refractivity (Wildman–Crippen MR) is 126 cm³/mol. The smallest absolute Gasteiger partial charge is 0.394 e. The molecule has 0 aliphatic rings. The number of benzene rings is 3. The van der Waals surface area contributed by atoms with E-state index in [1.165, 1.54) is 29.5 Å². The Labute approximate surface area is 192 Å². The molecule has 0 fully saturated rings. The van der Waals surface area contributed by atoms with E-state index < -0.39 is 11.9 Å². The summed E-state index contributed by atoms with van der Waals surface area (Å²) < 4.78 is 6.79. The molecule has 0 atom stereocenters. The lowest BCUT2D eigenvalue weighted by Gasteiger charge is -2.10. The quantitative estimate of drug-likeness (QED) is 0.276. The Kier molecular flexibility index (Phi) is 5.85. The van der Waals surface area contributed by atoms with E-state index in [1.54, 1.807) is 30.3 Å². The number of amides is 1. The SMILES string of the molecule is Cc1ccc(C(=O)c2sc3cc(O)ccc3c2Oc2ccc(NC(=O)C(=O)O)cc2)c(C)c1. The molecule has 4 rings (SSSR count). The summed E-state index contributed by atoms with van der Waals surface area (Å²) in [5.41, 5.74) is 2.76. The summed E-state index contributed by atoms with van der Waals surface area (Å²) in [4.78, 5) is 35.9. The molecule has 1 amide bonds. The topological polar surface area (TPSA) is 113 Å². The zero-order valence-corrected chi connectivity index (χ0v) is 18.5. The minimum atomic E-state index is -1.59. The van der Waals surface area contributed by atoms with Crippen LogP contribution in [0.2, 0.25) is 0 Å². The van der Waals surface area contributed by atoms with Gasteiger partial charge in [0.1, 0.15) is 16.4 Å². The molecule has 4 aromatic rings. The number of fused-ring (bicyclic) bond motifs is 1. The van der Waals surface area contributed by atoms with Gasteiger partial charge in [0.2, 0.25) is 5.78 Å². The van der Waals surface area contributed by atoms with Gasteiger partial charge < -0.3 is 20.3 Å². The van der Waals surface area contributed by atoms with E-state index in [9.17, 15) is 19.5 Å². The van der Waals surface area contributed by atoms with Gasteiger partial charge in [-0.05, 0) is 61.9 Å². The number of ether oxygens (including phenoxy) is 1. The van der Waals surface area contributed by atoms with Crippen molar-refractivity contribution in [1.82, 2.24) is 0 Å². The lowest BCUT2D eigenvalue weighted by atomic mass is 10.0. The third-order valence-electron chi connectivity index (χ3n) is 4.99. The molecule has 1 aromatic heterocycles. The van der Waals surface area contributed by atoms with E-state index in [-0.39, 0.29) is 11.5 Å². The van der Waals surface area contributed by atoms with Gasteiger partial charge >= 0.3 is 11.9 Å². The number of carbonyl (C=O) groups is 3. The van der Waals surface area contributed by atoms with Crippen LogP contribution in [-0.4, -0.2) is 27.9 Å². The zero-order valence-electron chi connectivity index (χ0n) is 17.7. The lowest BCUT2D eigenvalue weighted by molar-refractivity contribution is -0.147. The molecule has 3 aromatic carbocycles. The molecule has 0 radical (unpaired) electrons. The first-order valence-electron chi connectivity index (χ1n) is 9.92. The number of aliphatic carboxylic acids is 1. The van der Waals surface area contributed by atoms with Crippen LogP contribution >= 0.6 is 11.3 Å². The summed E-state index contributed by atoms with van der Waals surface area (Å²) in [5.74, 6) is -2.08. The van der Waals surface area contributed by atoms with Crippen LogP contribution in [0.3, 0.4) is 0 Å². The Bertz CT molecular complexity index is 1400. The first-order chi connectivity index (χ1) is 15.7. The molecule has 7 nitrogen and oxygen atoms in total. The standard InChI is InChI=1S/C25H19NO6S/c1-13-3-9-18(14(2)11-13)21(28)23-22(19-10-6-16(27)12-20(19)33-23)32-17-7-4-15(5-8-17)26-24(29)25(30)31/h3-12,27H,1-2H3,(H,26,29)(H,30,31). The number of ketones is 1. The number of carbonyl (C=O) groups excluding carboxylic acids is 2. The molecule has 166 valence electrons. The van der Waals surface area contributed by atoms with Gasteiger partial charge in [0.25, 0.3) is 0 Å². The van der Waals surface area contributed by atoms with E-state index in [1.807, 2.05) is 26.0 Å². The number of rotatable bonds is 5. The number of phenolic OH excluding ortho intramolecular Hbond substituents is 1. The normalized spacial score (nSPS) is 10.7. The minimum Gasteiger partial charge on any atom is -0.508 e. The highest BCUT2D eigenvalue weighted by molar-refractivity contribution is 7.21. The maximum Gasteiger partial charge on any atom is 0.394 e. The summed E-state index contributed by atoms with van der Waals surface area (Å²) >= 11 is 1.23. The van der Waals surface area contributed by atoms with Crippen LogP contribution in [-0.2, 0) is 9.59 Å². The average molecular weight is 461 g/mol. The van der Waals surface area contributed by atoms with Crippen molar-refractivity contribution in [3.63, 3.8) is 0 Å². The Morgan fingerprint density at radius 2 is 1.67 bits per heavy atom. The van der Waals surface area contributed by atoms with Gasteiger partial charge in [-0.3, -0.25) is 9.59 Å². The van der Waals surface area contributed by atoms with E-state index in [0.29, 0.717) is 37.7 Å².